The van der Waals surface area contributed by atoms with Gasteiger partial charge in [-0.25, -0.2) is 9.59 Å². The van der Waals surface area contributed by atoms with Gasteiger partial charge in [0, 0.05) is 12.3 Å². The molecule has 10 heteroatoms. The highest BCUT2D eigenvalue weighted by Crippen LogP contribution is 2.44. The van der Waals surface area contributed by atoms with Gasteiger partial charge >= 0.3 is 12.1 Å². The van der Waals surface area contributed by atoms with Crippen LogP contribution in [0.4, 0.5) is 4.79 Å². The number of ether oxygens (including phenoxy) is 2. The lowest BCUT2D eigenvalue weighted by Crippen LogP contribution is -2.44. The molecule has 55 heavy (non-hydrogen) atoms. The van der Waals surface area contributed by atoms with Crippen molar-refractivity contribution < 1.29 is 33.8 Å². The number of fused-ring (bicyclic) bond motifs is 3. The Balaban J connectivity index is 1.20. The van der Waals surface area contributed by atoms with Crippen molar-refractivity contribution in [3.8, 4) is 11.1 Å². The van der Waals surface area contributed by atoms with Gasteiger partial charge in [-0.3, -0.25) is 9.59 Å². The molecule has 5 rings (SSSR count). The fraction of sp³-hybridized carbons (Fsp3) is 0.289. The van der Waals surface area contributed by atoms with E-state index in [1.165, 1.54) is 0 Å². The summed E-state index contributed by atoms with van der Waals surface area (Å²) in [5.41, 5.74) is 5.94. The van der Waals surface area contributed by atoms with Crippen LogP contribution in [0.1, 0.15) is 60.0 Å². The topological polar surface area (TPSA) is 143 Å². The van der Waals surface area contributed by atoms with Crippen LogP contribution in [-0.2, 0) is 30.3 Å². The zero-order chi connectivity index (χ0) is 39.0. The summed E-state index contributed by atoms with van der Waals surface area (Å²) < 4.78 is 11.7. The Hall–Kier alpha value is -6.00. The van der Waals surface area contributed by atoms with Crippen molar-refractivity contribution in [2.24, 2.45) is 5.92 Å². The lowest BCUT2D eigenvalue weighted by molar-refractivity contribution is -0.152. The lowest BCUT2D eigenvalue weighted by atomic mass is 9.98. The first-order valence-electron chi connectivity index (χ1n) is 18.6. The Labute approximate surface area is 322 Å². The van der Waals surface area contributed by atoms with E-state index in [1.54, 1.807) is 36.4 Å². The number of alkyl carbamates (subject to hydrolysis) is 1. The molecule has 0 saturated carbocycles. The first kappa shape index (κ1) is 40.2. The smallest absolute Gasteiger partial charge is 0.407 e. The second kappa shape index (κ2) is 20.5. The second-order valence-corrected chi connectivity index (χ2v) is 13.5. The maximum absolute atomic E-state index is 13.7. The van der Waals surface area contributed by atoms with E-state index in [0.717, 1.165) is 27.8 Å². The summed E-state index contributed by atoms with van der Waals surface area (Å²) in [5, 5.41) is 18.3. The molecule has 0 fully saturated rings. The zero-order valence-electron chi connectivity index (χ0n) is 30.9. The summed E-state index contributed by atoms with van der Waals surface area (Å²) in [7, 11) is 0. The molecule has 0 saturated heterocycles. The van der Waals surface area contributed by atoms with Crippen molar-refractivity contribution in [1.29, 1.82) is 0 Å². The van der Waals surface area contributed by atoms with Crippen LogP contribution in [0, 0.1) is 5.92 Å². The predicted molar refractivity (Wildman–Crippen MR) is 212 cm³/mol. The standard InChI is InChI=1S/C45H49N3O7/c1-3-5-25-40(48-45(53)54-30-39-37-23-14-12-21-35(37)36-22-13-15-24-38(36)39)44(52)55-41(32-19-10-7-11-20-32)28-46-43(51)33(16-4-2)27-42(50)47-34(29-49)26-31-17-8-6-9-18-31/h3-4,6-15,17-24,33-34,39-41,49H,1-2,5,16,25-30H2,(H,46,51)(H,47,50)(H,48,53)/t33-,34-,40-,41+/m0/s1. The lowest BCUT2D eigenvalue weighted by Gasteiger charge is -2.24. The Bertz CT molecular complexity index is 1870. The maximum Gasteiger partial charge on any atom is 0.407 e. The number of aliphatic hydroxyl groups excluding tert-OH is 1. The van der Waals surface area contributed by atoms with Gasteiger partial charge in [0.1, 0.15) is 18.8 Å². The van der Waals surface area contributed by atoms with E-state index in [9.17, 15) is 24.3 Å². The van der Waals surface area contributed by atoms with Crippen molar-refractivity contribution in [1.82, 2.24) is 16.0 Å². The first-order valence-corrected chi connectivity index (χ1v) is 18.6. The molecule has 10 nitrogen and oxygen atoms in total. The van der Waals surface area contributed by atoms with Gasteiger partial charge < -0.3 is 30.5 Å². The minimum atomic E-state index is -1.05. The fourth-order valence-electron chi connectivity index (χ4n) is 6.83. The highest BCUT2D eigenvalue weighted by Gasteiger charge is 2.31. The van der Waals surface area contributed by atoms with Crippen LogP contribution in [0.5, 0.6) is 0 Å². The van der Waals surface area contributed by atoms with Crippen molar-refractivity contribution in [3.63, 3.8) is 0 Å². The molecular weight excluding hydrogens is 695 g/mol. The normalized spacial score (nSPS) is 13.8. The van der Waals surface area contributed by atoms with Crippen molar-refractivity contribution in [3.05, 3.63) is 157 Å². The average molecular weight is 744 g/mol. The van der Waals surface area contributed by atoms with Gasteiger partial charge in [-0.15, -0.1) is 13.2 Å². The molecule has 4 aromatic carbocycles. The number of hydrogen-bond acceptors (Lipinski definition) is 7. The van der Waals surface area contributed by atoms with E-state index in [0.29, 0.717) is 18.4 Å². The van der Waals surface area contributed by atoms with E-state index in [1.807, 2.05) is 72.8 Å². The van der Waals surface area contributed by atoms with E-state index in [-0.39, 0.29) is 50.8 Å². The summed E-state index contributed by atoms with van der Waals surface area (Å²) in [5.74, 6) is -2.41. The van der Waals surface area contributed by atoms with E-state index < -0.39 is 42.1 Å². The third-order valence-electron chi connectivity index (χ3n) is 9.64. The third kappa shape index (κ3) is 11.3. The number of allylic oxidation sites excluding steroid dienone is 2. The Morgan fingerprint density at radius 2 is 1.40 bits per heavy atom. The van der Waals surface area contributed by atoms with E-state index in [2.05, 4.69) is 41.2 Å². The minimum absolute atomic E-state index is 0.0827. The molecule has 3 amide bonds. The van der Waals surface area contributed by atoms with Crippen LogP contribution in [-0.4, -0.2) is 60.8 Å². The number of rotatable bonds is 20. The first-order chi connectivity index (χ1) is 26.8. The van der Waals surface area contributed by atoms with Gasteiger partial charge in [0.2, 0.25) is 11.8 Å². The number of hydrogen-bond donors (Lipinski definition) is 4. The zero-order valence-corrected chi connectivity index (χ0v) is 30.9. The molecule has 4 N–H and O–H groups in total. The van der Waals surface area contributed by atoms with Gasteiger partial charge in [-0.1, -0.05) is 121 Å². The molecule has 0 bridgehead atoms. The summed E-state index contributed by atoms with van der Waals surface area (Å²) in [4.78, 5) is 53.4. The largest absolute Gasteiger partial charge is 0.454 e. The summed E-state index contributed by atoms with van der Waals surface area (Å²) in [6.45, 7) is 7.25. The quantitative estimate of drug-likeness (QED) is 0.0593. The van der Waals surface area contributed by atoms with E-state index >= 15 is 0 Å². The number of amides is 3. The minimum Gasteiger partial charge on any atom is -0.454 e. The van der Waals surface area contributed by atoms with Crippen molar-refractivity contribution >= 4 is 23.9 Å². The van der Waals surface area contributed by atoms with E-state index in [4.69, 9.17) is 9.47 Å². The highest BCUT2D eigenvalue weighted by atomic mass is 16.6. The van der Waals surface area contributed by atoms with Gasteiger partial charge in [-0.2, -0.15) is 0 Å². The highest BCUT2D eigenvalue weighted by molar-refractivity contribution is 5.86. The molecule has 4 aromatic rings. The second-order valence-electron chi connectivity index (χ2n) is 13.5. The molecule has 1 aliphatic carbocycles. The number of carbonyl (C=O) groups excluding carboxylic acids is 4. The average Bonchev–Trinajstić information content (AvgIpc) is 3.53. The molecule has 0 aliphatic heterocycles. The molecule has 0 aromatic heterocycles. The van der Waals surface area contributed by atoms with Crippen LogP contribution >= 0.6 is 0 Å². The molecule has 286 valence electrons. The van der Waals surface area contributed by atoms with Crippen molar-refractivity contribution in [2.75, 3.05) is 19.8 Å². The molecular formula is C45H49N3O7. The predicted octanol–water partition coefficient (Wildman–Crippen LogP) is 6.56. The van der Waals surface area contributed by atoms with Crippen LogP contribution in [0.3, 0.4) is 0 Å². The van der Waals surface area contributed by atoms with Crippen LogP contribution in [0.15, 0.2) is 135 Å². The molecule has 0 spiro atoms. The Morgan fingerprint density at radius 1 is 0.782 bits per heavy atom. The molecule has 0 heterocycles. The molecule has 4 atom stereocenters. The van der Waals surface area contributed by atoms with Gasteiger partial charge in [-0.05, 0) is 59.1 Å². The van der Waals surface area contributed by atoms with Crippen molar-refractivity contribution in [2.45, 2.75) is 56.2 Å². The number of carbonyl (C=O) groups is 4. The molecule has 0 radical (unpaired) electrons. The third-order valence-corrected chi connectivity index (χ3v) is 9.64. The van der Waals surface area contributed by atoms with Crippen LogP contribution in [0.25, 0.3) is 11.1 Å². The molecule has 0 unspecified atom stereocenters. The van der Waals surface area contributed by atoms with Gasteiger partial charge in [0.05, 0.1) is 25.1 Å². The maximum atomic E-state index is 13.7. The van der Waals surface area contributed by atoms with Gasteiger partial charge in [0.25, 0.3) is 0 Å². The Kier molecular flexibility index (Phi) is 14.9. The monoisotopic (exact) mass is 743 g/mol. The number of aliphatic hydroxyl groups is 1. The summed E-state index contributed by atoms with van der Waals surface area (Å²) in [6, 6.07) is 32.9. The summed E-state index contributed by atoms with van der Waals surface area (Å²) >= 11 is 0. The molecule has 1 aliphatic rings. The number of esters is 1. The van der Waals surface area contributed by atoms with Crippen LogP contribution < -0.4 is 16.0 Å². The number of benzene rings is 4. The SMILES string of the molecule is C=CCC[C@H](NC(=O)OCC1c2ccccc2-c2ccccc21)C(=O)O[C@H](CNC(=O)[C@@H](CC=C)CC(=O)N[C@H](CO)Cc1ccccc1)c1ccccc1. The van der Waals surface area contributed by atoms with Crippen LogP contribution in [0.2, 0.25) is 0 Å². The summed E-state index contributed by atoms with van der Waals surface area (Å²) in [6.07, 6.45) is 2.73. The number of nitrogens with one attached hydrogen (secondary N) is 3. The van der Waals surface area contributed by atoms with Gasteiger partial charge in [0.15, 0.2) is 0 Å². The Morgan fingerprint density at radius 3 is 2.02 bits per heavy atom. The fourth-order valence-corrected chi connectivity index (χ4v) is 6.83.